The zero-order valence-corrected chi connectivity index (χ0v) is 19.8. The summed E-state index contributed by atoms with van der Waals surface area (Å²) < 4.78 is 43.5. The third-order valence-corrected chi connectivity index (χ3v) is 7.31. The zero-order valence-electron chi connectivity index (χ0n) is 19.0. The SMILES string of the molecule is COc1ccc(NC(=O)COc2ccc(-c3noc(C)n3)cc2)cc1S(=O)(=O)N1CCCCC1. The number of piperidine rings is 1. The number of carbonyl (C=O) groups is 1. The van der Waals surface area contributed by atoms with E-state index in [1.165, 1.54) is 23.5 Å². The highest BCUT2D eigenvalue weighted by molar-refractivity contribution is 7.89. The highest BCUT2D eigenvalue weighted by Gasteiger charge is 2.29. The van der Waals surface area contributed by atoms with Gasteiger partial charge in [-0.15, -0.1) is 0 Å². The van der Waals surface area contributed by atoms with Crippen LogP contribution in [-0.4, -0.2) is 55.6 Å². The third-order valence-electron chi connectivity index (χ3n) is 5.39. The van der Waals surface area contributed by atoms with E-state index in [1.54, 1.807) is 37.3 Å². The Hall–Kier alpha value is -3.44. The zero-order chi connectivity index (χ0) is 24.1. The van der Waals surface area contributed by atoms with Crippen molar-refractivity contribution in [1.82, 2.24) is 14.4 Å². The Labute approximate surface area is 197 Å². The maximum Gasteiger partial charge on any atom is 0.262 e. The summed E-state index contributed by atoms with van der Waals surface area (Å²) in [5, 5.41) is 6.54. The number of benzene rings is 2. The molecule has 1 aliphatic heterocycles. The second-order valence-corrected chi connectivity index (χ2v) is 9.73. The molecule has 0 spiro atoms. The second-order valence-electron chi connectivity index (χ2n) is 7.83. The fourth-order valence-electron chi connectivity index (χ4n) is 3.66. The van der Waals surface area contributed by atoms with Crippen molar-refractivity contribution < 1.29 is 27.2 Å². The van der Waals surface area contributed by atoms with E-state index in [1.807, 2.05) is 0 Å². The number of methoxy groups -OCH3 is 1. The molecule has 11 heteroatoms. The van der Waals surface area contributed by atoms with Gasteiger partial charge in [-0.25, -0.2) is 8.42 Å². The molecule has 1 aromatic heterocycles. The van der Waals surface area contributed by atoms with Crippen LogP contribution >= 0.6 is 0 Å². The molecule has 1 aliphatic rings. The normalized spacial score (nSPS) is 14.5. The summed E-state index contributed by atoms with van der Waals surface area (Å²) in [7, 11) is -2.32. The van der Waals surface area contributed by atoms with Crippen LogP contribution in [0.3, 0.4) is 0 Å². The molecule has 0 radical (unpaired) electrons. The monoisotopic (exact) mass is 486 g/mol. The van der Waals surface area contributed by atoms with Crippen LogP contribution in [0.25, 0.3) is 11.4 Å². The number of hydrogen-bond donors (Lipinski definition) is 1. The molecule has 0 saturated carbocycles. The highest BCUT2D eigenvalue weighted by Crippen LogP contribution is 2.31. The van der Waals surface area contributed by atoms with Crippen LogP contribution in [-0.2, 0) is 14.8 Å². The van der Waals surface area contributed by atoms with Crippen LogP contribution in [0.1, 0.15) is 25.2 Å². The number of aromatic nitrogens is 2. The first-order chi connectivity index (χ1) is 16.4. The smallest absolute Gasteiger partial charge is 0.262 e. The lowest BCUT2D eigenvalue weighted by Crippen LogP contribution is -2.35. The molecule has 1 saturated heterocycles. The Kier molecular flexibility index (Phi) is 7.13. The Morgan fingerprint density at radius 3 is 2.50 bits per heavy atom. The molecule has 0 unspecified atom stereocenters. The summed E-state index contributed by atoms with van der Waals surface area (Å²) in [5.74, 6) is 1.23. The number of nitrogens with one attached hydrogen (secondary N) is 1. The molecule has 1 N–H and O–H groups in total. The van der Waals surface area contributed by atoms with Crippen molar-refractivity contribution in [2.75, 3.05) is 32.1 Å². The van der Waals surface area contributed by atoms with E-state index < -0.39 is 15.9 Å². The molecular weight excluding hydrogens is 460 g/mol. The van der Waals surface area contributed by atoms with Gasteiger partial charge in [0, 0.05) is 31.3 Å². The number of amides is 1. The van der Waals surface area contributed by atoms with Gasteiger partial charge in [0.1, 0.15) is 16.4 Å². The number of hydrogen-bond acceptors (Lipinski definition) is 8. The van der Waals surface area contributed by atoms with Gasteiger partial charge in [-0.05, 0) is 55.3 Å². The maximum atomic E-state index is 13.1. The van der Waals surface area contributed by atoms with E-state index in [9.17, 15) is 13.2 Å². The standard InChI is InChI=1S/C23H26N4O6S/c1-16-24-23(26-33-16)17-6-9-19(10-7-17)32-15-22(28)25-18-8-11-20(31-2)21(14-18)34(29,30)27-12-4-3-5-13-27/h6-11,14H,3-5,12-13,15H2,1-2H3,(H,25,28). The van der Waals surface area contributed by atoms with Crippen molar-refractivity contribution >= 4 is 21.6 Å². The van der Waals surface area contributed by atoms with Crippen LogP contribution < -0.4 is 14.8 Å². The fraction of sp³-hybridized carbons (Fsp3) is 0.348. The van der Waals surface area contributed by atoms with Crippen molar-refractivity contribution in [2.24, 2.45) is 0 Å². The molecule has 3 aromatic rings. The van der Waals surface area contributed by atoms with Crippen molar-refractivity contribution in [2.45, 2.75) is 31.1 Å². The van der Waals surface area contributed by atoms with Gasteiger partial charge in [0.05, 0.1) is 7.11 Å². The van der Waals surface area contributed by atoms with Crippen molar-refractivity contribution in [3.05, 3.63) is 48.4 Å². The second kappa shape index (κ2) is 10.2. The lowest BCUT2D eigenvalue weighted by Gasteiger charge is -2.26. The van der Waals surface area contributed by atoms with Crippen molar-refractivity contribution in [3.63, 3.8) is 0 Å². The Morgan fingerprint density at radius 1 is 1.12 bits per heavy atom. The van der Waals surface area contributed by atoms with E-state index in [0.717, 1.165) is 24.8 Å². The number of rotatable bonds is 8. The molecule has 2 aromatic carbocycles. The number of anilines is 1. The van der Waals surface area contributed by atoms with E-state index in [0.29, 0.717) is 36.2 Å². The molecule has 0 aliphatic carbocycles. The largest absolute Gasteiger partial charge is 0.495 e. The first-order valence-corrected chi connectivity index (χ1v) is 12.3. The first-order valence-electron chi connectivity index (χ1n) is 10.9. The lowest BCUT2D eigenvalue weighted by atomic mass is 10.2. The van der Waals surface area contributed by atoms with Gasteiger partial charge in [-0.2, -0.15) is 9.29 Å². The molecule has 2 heterocycles. The summed E-state index contributed by atoms with van der Waals surface area (Å²) in [6.45, 7) is 2.41. The van der Waals surface area contributed by atoms with Gasteiger partial charge in [0.25, 0.3) is 5.91 Å². The number of carbonyl (C=O) groups excluding carboxylic acids is 1. The summed E-state index contributed by atoms with van der Waals surface area (Å²) in [6, 6.07) is 11.5. The molecule has 180 valence electrons. The molecule has 1 fully saturated rings. The average molecular weight is 487 g/mol. The number of ether oxygens (including phenoxy) is 2. The van der Waals surface area contributed by atoms with E-state index in [-0.39, 0.29) is 17.3 Å². The molecule has 4 rings (SSSR count). The third kappa shape index (κ3) is 5.37. The minimum atomic E-state index is -3.73. The van der Waals surface area contributed by atoms with Gasteiger partial charge >= 0.3 is 0 Å². The molecule has 1 amide bonds. The van der Waals surface area contributed by atoms with Crippen molar-refractivity contribution in [3.8, 4) is 22.9 Å². The van der Waals surface area contributed by atoms with Crippen LogP contribution in [0.15, 0.2) is 51.9 Å². The molecular formula is C23H26N4O6S. The Balaban J connectivity index is 1.40. The van der Waals surface area contributed by atoms with E-state index in [2.05, 4.69) is 15.5 Å². The van der Waals surface area contributed by atoms with Gasteiger partial charge < -0.3 is 19.3 Å². The summed E-state index contributed by atoms with van der Waals surface area (Å²) in [6.07, 6.45) is 2.66. The van der Waals surface area contributed by atoms with E-state index >= 15 is 0 Å². The summed E-state index contributed by atoms with van der Waals surface area (Å²) in [5.41, 5.74) is 1.10. The predicted molar refractivity (Wildman–Crippen MR) is 124 cm³/mol. The Bertz CT molecular complexity index is 1250. The highest BCUT2D eigenvalue weighted by atomic mass is 32.2. The summed E-state index contributed by atoms with van der Waals surface area (Å²) in [4.78, 5) is 16.6. The average Bonchev–Trinajstić information content (AvgIpc) is 3.30. The minimum Gasteiger partial charge on any atom is -0.495 e. The fourth-order valence-corrected chi connectivity index (χ4v) is 5.36. The van der Waals surface area contributed by atoms with Crippen LogP contribution in [0.5, 0.6) is 11.5 Å². The molecule has 0 atom stereocenters. The van der Waals surface area contributed by atoms with Crippen LogP contribution in [0, 0.1) is 6.92 Å². The summed E-state index contributed by atoms with van der Waals surface area (Å²) >= 11 is 0. The maximum absolute atomic E-state index is 13.1. The van der Waals surface area contributed by atoms with Crippen LogP contribution in [0.4, 0.5) is 5.69 Å². The molecule has 10 nitrogen and oxygen atoms in total. The first kappa shape index (κ1) is 23.7. The number of nitrogens with zero attached hydrogens (tertiary/aromatic N) is 3. The van der Waals surface area contributed by atoms with Gasteiger partial charge in [0.2, 0.25) is 21.7 Å². The Morgan fingerprint density at radius 2 is 1.85 bits per heavy atom. The molecule has 0 bridgehead atoms. The van der Waals surface area contributed by atoms with Gasteiger partial charge in [-0.1, -0.05) is 11.6 Å². The van der Waals surface area contributed by atoms with Gasteiger partial charge in [-0.3, -0.25) is 4.79 Å². The van der Waals surface area contributed by atoms with Gasteiger partial charge in [0.15, 0.2) is 6.61 Å². The van der Waals surface area contributed by atoms with E-state index in [4.69, 9.17) is 14.0 Å². The lowest BCUT2D eigenvalue weighted by molar-refractivity contribution is -0.118. The number of aryl methyl sites for hydroxylation is 1. The topological polar surface area (TPSA) is 124 Å². The van der Waals surface area contributed by atoms with Crippen molar-refractivity contribution in [1.29, 1.82) is 0 Å². The number of sulfonamides is 1. The minimum absolute atomic E-state index is 0.0305. The predicted octanol–water partition coefficient (Wildman–Crippen LogP) is 3.25. The quantitative estimate of drug-likeness (QED) is 0.515. The van der Waals surface area contributed by atoms with Crippen LogP contribution in [0.2, 0.25) is 0 Å². The molecule has 34 heavy (non-hydrogen) atoms.